The Balaban J connectivity index is 2.86. The smallest absolute Gasteiger partial charge is 0.240 e. The molecule has 19 heavy (non-hydrogen) atoms. The Bertz CT molecular complexity index is 551. The topological polar surface area (TPSA) is 72.2 Å². The second-order valence-electron chi connectivity index (χ2n) is 4.68. The third-order valence-corrected chi connectivity index (χ3v) is 5.59. The first-order valence-electron chi connectivity index (χ1n) is 5.63. The standard InChI is InChI=1S/C12H18N2O2S3/c1-12(2,18-3)8-14-19(15,16)10-6-4-9(5-7-10)11(13)17/h4-7,14H,8H2,1-3H3,(H2,13,17). The fourth-order valence-corrected chi connectivity index (χ4v) is 2.88. The molecule has 0 bridgehead atoms. The summed E-state index contributed by atoms with van der Waals surface area (Å²) in [4.78, 5) is 0.463. The van der Waals surface area contributed by atoms with Gasteiger partial charge in [0.15, 0.2) is 0 Å². The minimum atomic E-state index is -3.49. The quantitative estimate of drug-likeness (QED) is 0.782. The molecule has 1 aromatic rings. The van der Waals surface area contributed by atoms with E-state index in [9.17, 15) is 8.42 Å². The Morgan fingerprint density at radius 3 is 2.32 bits per heavy atom. The van der Waals surface area contributed by atoms with Gasteiger partial charge in [0.05, 0.1) is 4.90 Å². The molecular weight excluding hydrogens is 300 g/mol. The van der Waals surface area contributed by atoms with Crippen molar-refractivity contribution in [3.05, 3.63) is 29.8 Å². The molecule has 0 aliphatic heterocycles. The lowest BCUT2D eigenvalue weighted by atomic mass is 10.2. The van der Waals surface area contributed by atoms with Gasteiger partial charge in [-0.25, -0.2) is 13.1 Å². The summed E-state index contributed by atoms with van der Waals surface area (Å²) in [5.74, 6) is 0. The average Bonchev–Trinajstić information content (AvgIpc) is 2.37. The molecule has 1 aromatic carbocycles. The number of thioether (sulfide) groups is 1. The number of hydrogen-bond donors (Lipinski definition) is 2. The number of thiocarbonyl (C=S) groups is 1. The highest BCUT2D eigenvalue weighted by molar-refractivity contribution is 8.00. The predicted molar refractivity (Wildman–Crippen MR) is 85.1 cm³/mol. The van der Waals surface area contributed by atoms with Crippen LogP contribution in [0.3, 0.4) is 0 Å². The van der Waals surface area contributed by atoms with E-state index in [1.54, 1.807) is 23.9 Å². The molecule has 0 aromatic heterocycles. The highest BCUT2D eigenvalue weighted by Crippen LogP contribution is 2.20. The minimum absolute atomic E-state index is 0.147. The van der Waals surface area contributed by atoms with E-state index in [0.29, 0.717) is 12.1 Å². The molecule has 0 aliphatic carbocycles. The molecule has 3 N–H and O–H groups in total. The van der Waals surface area contributed by atoms with Crippen molar-refractivity contribution in [2.24, 2.45) is 5.73 Å². The first-order valence-corrected chi connectivity index (χ1v) is 8.74. The summed E-state index contributed by atoms with van der Waals surface area (Å²) in [6, 6.07) is 6.22. The highest BCUT2D eigenvalue weighted by Gasteiger charge is 2.21. The van der Waals surface area contributed by atoms with Crippen LogP contribution in [-0.4, -0.2) is 31.0 Å². The van der Waals surface area contributed by atoms with E-state index in [1.165, 1.54) is 12.1 Å². The second-order valence-corrected chi connectivity index (χ2v) is 8.40. The van der Waals surface area contributed by atoms with Crippen molar-refractivity contribution in [2.75, 3.05) is 12.8 Å². The molecule has 0 saturated heterocycles. The summed E-state index contributed by atoms with van der Waals surface area (Å²) < 4.78 is 26.6. The highest BCUT2D eigenvalue weighted by atomic mass is 32.2. The summed E-state index contributed by atoms with van der Waals surface area (Å²) in [7, 11) is -3.49. The number of rotatable bonds is 6. The van der Waals surface area contributed by atoms with Crippen molar-refractivity contribution in [3.63, 3.8) is 0 Å². The number of benzene rings is 1. The van der Waals surface area contributed by atoms with Crippen LogP contribution in [0.2, 0.25) is 0 Å². The summed E-state index contributed by atoms with van der Waals surface area (Å²) in [5, 5.41) is 0. The monoisotopic (exact) mass is 318 g/mol. The van der Waals surface area contributed by atoms with Crippen molar-refractivity contribution in [3.8, 4) is 0 Å². The second kappa shape index (κ2) is 6.21. The predicted octanol–water partition coefficient (Wildman–Crippen LogP) is 1.74. The van der Waals surface area contributed by atoms with Gasteiger partial charge in [-0.2, -0.15) is 11.8 Å². The van der Waals surface area contributed by atoms with Crippen LogP contribution in [0.25, 0.3) is 0 Å². The van der Waals surface area contributed by atoms with Gasteiger partial charge >= 0.3 is 0 Å². The van der Waals surface area contributed by atoms with Gasteiger partial charge in [0, 0.05) is 16.9 Å². The van der Waals surface area contributed by atoms with Crippen LogP contribution in [0.4, 0.5) is 0 Å². The van der Waals surface area contributed by atoms with Gasteiger partial charge in [-0.05, 0) is 32.2 Å². The van der Waals surface area contributed by atoms with Crippen LogP contribution in [0.5, 0.6) is 0 Å². The number of nitrogens with one attached hydrogen (secondary N) is 1. The van der Waals surface area contributed by atoms with Gasteiger partial charge in [-0.1, -0.05) is 24.4 Å². The van der Waals surface area contributed by atoms with Crippen molar-refractivity contribution in [1.82, 2.24) is 4.72 Å². The Hall–Kier alpha value is -0.630. The fourth-order valence-electron chi connectivity index (χ4n) is 1.22. The summed E-state index contributed by atoms with van der Waals surface area (Å²) >= 11 is 6.43. The maximum atomic E-state index is 12.1. The molecule has 0 amide bonds. The van der Waals surface area contributed by atoms with E-state index in [-0.39, 0.29) is 14.6 Å². The summed E-state index contributed by atoms with van der Waals surface area (Å²) in [6.45, 7) is 4.33. The first kappa shape index (κ1) is 16.4. The lowest BCUT2D eigenvalue weighted by molar-refractivity contribution is 0.571. The third-order valence-electron chi connectivity index (χ3n) is 2.69. The maximum absolute atomic E-state index is 12.1. The molecule has 0 spiro atoms. The summed E-state index contributed by atoms with van der Waals surface area (Å²) in [6.07, 6.45) is 1.95. The summed E-state index contributed by atoms with van der Waals surface area (Å²) in [5.41, 5.74) is 6.12. The van der Waals surface area contributed by atoms with Crippen LogP contribution in [0, 0.1) is 0 Å². The largest absolute Gasteiger partial charge is 0.389 e. The fraction of sp³-hybridized carbons (Fsp3) is 0.417. The van der Waals surface area contributed by atoms with E-state index in [1.807, 2.05) is 20.1 Å². The lowest BCUT2D eigenvalue weighted by Gasteiger charge is -2.22. The van der Waals surface area contributed by atoms with E-state index in [0.717, 1.165) is 0 Å². The zero-order valence-corrected chi connectivity index (χ0v) is 13.6. The van der Waals surface area contributed by atoms with E-state index in [4.69, 9.17) is 18.0 Å². The van der Waals surface area contributed by atoms with Crippen LogP contribution in [0.15, 0.2) is 29.2 Å². The first-order chi connectivity index (χ1) is 8.68. The normalized spacial score (nSPS) is 12.4. The Kier molecular flexibility index (Phi) is 5.37. The SMILES string of the molecule is CSC(C)(C)CNS(=O)(=O)c1ccc(C(N)=S)cc1. The molecule has 1 rings (SSSR count). The van der Waals surface area contributed by atoms with E-state index in [2.05, 4.69) is 4.72 Å². The molecule has 7 heteroatoms. The minimum Gasteiger partial charge on any atom is -0.389 e. The van der Waals surface area contributed by atoms with Gasteiger partial charge in [0.1, 0.15) is 4.99 Å². The Morgan fingerprint density at radius 1 is 1.37 bits per heavy atom. The average molecular weight is 318 g/mol. The molecule has 0 saturated carbocycles. The number of hydrogen-bond acceptors (Lipinski definition) is 4. The molecule has 106 valence electrons. The number of nitrogens with two attached hydrogens (primary N) is 1. The molecule has 4 nitrogen and oxygen atoms in total. The lowest BCUT2D eigenvalue weighted by Crippen LogP contribution is -2.36. The van der Waals surface area contributed by atoms with Crippen molar-refractivity contribution < 1.29 is 8.42 Å². The zero-order chi connectivity index (χ0) is 14.7. The van der Waals surface area contributed by atoms with Crippen LogP contribution in [0.1, 0.15) is 19.4 Å². The molecule has 0 heterocycles. The van der Waals surface area contributed by atoms with Crippen LogP contribution in [-0.2, 0) is 10.0 Å². The van der Waals surface area contributed by atoms with Crippen molar-refractivity contribution in [2.45, 2.75) is 23.5 Å². The third kappa shape index (κ3) is 4.76. The van der Waals surface area contributed by atoms with Gasteiger partial charge in [-0.3, -0.25) is 0 Å². The van der Waals surface area contributed by atoms with Gasteiger partial charge in [-0.15, -0.1) is 0 Å². The van der Waals surface area contributed by atoms with Crippen LogP contribution >= 0.6 is 24.0 Å². The zero-order valence-electron chi connectivity index (χ0n) is 11.1. The molecule has 0 fully saturated rings. The van der Waals surface area contributed by atoms with E-state index >= 15 is 0 Å². The van der Waals surface area contributed by atoms with Gasteiger partial charge in [0.25, 0.3) is 0 Å². The van der Waals surface area contributed by atoms with Gasteiger partial charge < -0.3 is 5.73 Å². The van der Waals surface area contributed by atoms with Crippen molar-refractivity contribution in [1.29, 1.82) is 0 Å². The molecule has 0 unspecified atom stereocenters. The molecule has 0 radical (unpaired) electrons. The van der Waals surface area contributed by atoms with Crippen LogP contribution < -0.4 is 10.5 Å². The molecular formula is C12H18N2O2S3. The van der Waals surface area contributed by atoms with E-state index < -0.39 is 10.0 Å². The number of sulfonamides is 1. The van der Waals surface area contributed by atoms with Crippen molar-refractivity contribution >= 4 is 39.0 Å². The molecule has 0 aliphatic rings. The van der Waals surface area contributed by atoms with Gasteiger partial charge in [0.2, 0.25) is 10.0 Å². The maximum Gasteiger partial charge on any atom is 0.240 e. The Labute approximate surface area is 124 Å². The molecule has 0 atom stereocenters. The Morgan fingerprint density at radius 2 is 1.89 bits per heavy atom.